The number of benzene rings is 2. The molecule has 2 rings (SSSR count). The molecule has 2 N–H and O–H groups in total. The minimum atomic E-state index is -0.762. The van der Waals surface area contributed by atoms with Crippen LogP contribution in [0.2, 0.25) is 10.0 Å². The van der Waals surface area contributed by atoms with E-state index in [4.69, 9.17) is 27.9 Å². The van der Waals surface area contributed by atoms with Gasteiger partial charge in [-0.3, -0.25) is 9.59 Å². The molecule has 2 aromatic carbocycles. The fraction of sp³-hybridized carbons (Fsp3) is 0.222. The third-order valence-electron chi connectivity index (χ3n) is 3.32. The number of amides is 2. The van der Waals surface area contributed by atoms with Crippen LogP contribution in [0.5, 0.6) is 5.75 Å². The van der Waals surface area contributed by atoms with Crippen molar-refractivity contribution in [3.05, 3.63) is 58.1 Å². The number of carbonyl (C=O) groups excluding carboxylic acids is 2. The smallest absolute Gasteiger partial charge is 0.265 e. The summed E-state index contributed by atoms with van der Waals surface area (Å²) in [6.07, 6.45) is -0.762. The highest BCUT2D eigenvalue weighted by atomic mass is 35.5. The molecule has 0 saturated heterocycles. The zero-order valence-corrected chi connectivity index (χ0v) is 15.3. The van der Waals surface area contributed by atoms with Gasteiger partial charge < -0.3 is 15.4 Å². The van der Waals surface area contributed by atoms with Crippen molar-refractivity contribution in [2.45, 2.75) is 20.0 Å². The van der Waals surface area contributed by atoms with Gasteiger partial charge in [0.05, 0.1) is 5.02 Å². The molecule has 1 atom stereocenters. The minimum Gasteiger partial charge on any atom is -0.479 e. The number of hydrogen-bond acceptors (Lipinski definition) is 3. The average Bonchev–Trinajstić information content (AvgIpc) is 2.58. The van der Waals surface area contributed by atoms with E-state index in [1.54, 1.807) is 49.4 Å². The van der Waals surface area contributed by atoms with Gasteiger partial charge in [-0.1, -0.05) is 23.2 Å². The van der Waals surface area contributed by atoms with Crippen LogP contribution >= 0.6 is 23.2 Å². The summed E-state index contributed by atoms with van der Waals surface area (Å²) in [4.78, 5) is 23.9. The Morgan fingerprint density at radius 3 is 2.40 bits per heavy atom. The Kier molecular flexibility index (Phi) is 6.67. The van der Waals surface area contributed by atoms with E-state index in [-0.39, 0.29) is 11.8 Å². The summed E-state index contributed by atoms with van der Waals surface area (Å²) < 4.78 is 5.56. The quantitative estimate of drug-likeness (QED) is 0.790. The number of hydrogen-bond donors (Lipinski definition) is 2. The van der Waals surface area contributed by atoms with Gasteiger partial charge in [0.25, 0.3) is 11.8 Å². The van der Waals surface area contributed by atoms with Gasteiger partial charge in [0, 0.05) is 22.8 Å². The fourth-order valence-corrected chi connectivity index (χ4v) is 2.48. The summed E-state index contributed by atoms with van der Waals surface area (Å²) >= 11 is 11.9. The van der Waals surface area contributed by atoms with Crippen molar-refractivity contribution in [3.63, 3.8) is 0 Å². The predicted octanol–water partition coefficient (Wildman–Crippen LogP) is 4.15. The lowest BCUT2D eigenvalue weighted by atomic mass is 10.2. The number of nitrogens with one attached hydrogen (secondary N) is 2. The van der Waals surface area contributed by atoms with Crippen LogP contribution in [-0.2, 0) is 4.79 Å². The molecule has 0 aliphatic heterocycles. The van der Waals surface area contributed by atoms with E-state index in [2.05, 4.69) is 10.6 Å². The van der Waals surface area contributed by atoms with E-state index in [0.29, 0.717) is 33.6 Å². The molecule has 0 aliphatic carbocycles. The molecule has 132 valence electrons. The van der Waals surface area contributed by atoms with Crippen molar-refractivity contribution in [2.24, 2.45) is 0 Å². The van der Waals surface area contributed by atoms with Gasteiger partial charge in [-0.05, 0) is 56.3 Å². The Balaban J connectivity index is 1.97. The number of halogens is 2. The highest BCUT2D eigenvalue weighted by Crippen LogP contribution is 2.28. The molecule has 2 aromatic rings. The van der Waals surface area contributed by atoms with Crippen LogP contribution < -0.4 is 15.4 Å². The van der Waals surface area contributed by atoms with Crippen LogP contribution in [0.25, 0.3) is 0 Å². The SMILES string of the molecule is CCNC(=O)c1ccc(NC(=O)C(C)Oc2ccc(Cl)cc2Cl)cc1. The van der Waals surface area contributed by atoms with Gasteiger partial charge in [-0.2, -0.15) is 0 Å². The van der Waals surface area contributed by atoms with Gasteiger partial charge in [0.1, 0.15) is 5.75 Å². The second-order valence-electron chi connectivity index (χ2n) is 5.26. The first-order chi connectivity index (χ1) is 11.9. The van der Waals surface area contributed by atoms with Crippen LogP contribution in [-0.4, -0.2) is 24.5 Å². The summed E-state index contributed by atoms with van der Waals surface area (Å²) in [6.45, 7) is 4.02. The Bertz CT molecular complexity index is 763. The van der Waals surface area contributed by atoms with Crippen LogP contribution in [0.15, 0.2) is 42.5 Å². The average molecular weight is 381 g/mol. The molecule has 0 heterocycles. The Labute approximate surface area is 156 Å². The molecule has 2 amide bonds. The van der Waals surface area contributed by atoms with E-state index in [1.165, 1.54) is 0 Å². The Morgan fingerprint density at radius 2 is 1.80 bits per heavy atom. The van der Waals surface area contributed by atoms with Crippen LogP contribution in [0.3, 0.4) is 0 Å². The molecule has 25 heavy (non-hydrogen) atoms. The number of anilines is 1. The standard InChI is InChI=1S/C18H18Cl2N2O3/c1-3-21-18(24)12-4-7-14(8-5-12)22-17(23)11(2)25-16-9-6-13(19)10-15(16)20/h4-11H,3H2,1-2H3,(H,21,24)(H,22,23). The maximum Gasteiger partial charge on any atom is 0.265 e. The summed E-state index contributed by atoms with van der Waals surface area (Å²) in [6, 6.07) is 11.4. The maximum absolute atomic E-state index is 12.2. The molecule has 0 radical (unpaired) electrons. The third kappa shape index (κ3) is 5.37. The minimum absolute atomic E-state index is 0.158. The van der Waals surface area contributed by atoms with E-state index in [0.717, 1.165) is 0 Å². The highest BCUT2D eigenvalue weighted by Gasteiger charge is 2.16. The Hall–Kier alpha value is -2.24. The molecule has 0 bridgehead atoms. The zero-order chi connectivity index (χ0) is 18.4. The van der Waals surface area contributed by atoms with Gasteiger partial charge in [-0.25, -0.2) is 0 Å². The van der Waals surface area contributed by atoms with Gasteiger partial charge >= 0.3 is 0 Å². The lowest BCUT2D eigenvalue weighted by molar-refractivity contribution is -0.122. The molecule has 1 unspecified atom stereocenters. The van der Waals surface area contributed by atoms with Crippen molar-refractivity contribution >= 4 is 40.7 Å². The van der Waals surface area contributed by atoms with Crippen LogP contribution in [0.4, 0.5) is 5.69 Å². The van der Waals surface area contributed by atoms with E-state index >= 15 is 0 Å². The first kappa shape index (κ1) is 19.1. The lowest BCUT2D eigenvalue weighted by Crippen LogP contribution is -2.30. The van der Waals surface area contributed by atoms with Crippen LogP contribution in [0.1, 0.15) is 24.2 Å². The van der Waals surface area contributed by atoms with Gasteiger partial charge in [0.15, 0.2) is 6.10 Å². The predicted molar refractivity (Wildman–Crippen MR) is 99.6 cm³/mol. The molecular formula is C18H18Cl2N2O3. The molecule has 0 fully saturated rings. The summed E-state index contributed by atoms with van der Waals surface area (Å²) in [5.41, 5.74) is 1.09. The van der Waals surface area contributed by atoms with Crippen molar-refractivity contribution < 1.29 is 14.3 Å². The maximum atomic E-state index is 12.2. The third-order valence-corrected chi connectivity index (χ3v) is 3.85. The first-order valence-electron chi connectivity index (χ1n) is 7.71. The second-order valence-corrected chi connectivity index (χ2v) is 6.10. The fourth-order valence-electron chi connectivity index (χ4n) is 2.03. The molecule has 0 aliphatic rings. The van der Waals surface area contributed by atoms with E-state index in [9.17, 15) is 9.59 Å². The monoisotopic (exact) mass is 380 g/mol. The zero-order valence-electron chi connectivity index (χ0n) is 13.8. The molecular weight excluding hydrogens is 363 g/mol. The summed E-state index contributed by atoms with van der Waals surface area (Å²) in [5.74, 6) is -0.119. The molecule has 5 nitrogen and oxygen atoms in total. The number of ether oxygens (including phenoxy) is 1. The number of carbonyl (C=O) groups is 2. The lowest BCUT2D eigenvalue weighted by Gasteiger charge is -2.16. The van der Waals surface area contributed by atoms with Gasteiger partial charge in [-0.15, -0.1) is 0 Å². The van der Waals surface area contributed by atoms with E-state index in [1.807, 2.05) is 6.92 Å². The highest BCUT2D eigenvalue weighted by molar-refractivity contribution is 6.35. The largest absolute Gasteiger partial charge is 0.479 e. The molecule has 0 saturated carbocycles. The van der Waals surface area contributed by atoms with Crippen LogP contribution in [0, 0.1) is 0 Å². The van der Waals surface area contributed by atoms with E-state index < -0.39 is 6.10 Å². The first-order valence-corrected chi connectivity index (χ1v) is 8.47. The van der Waals surface area contributed by atoms with Crippen molar-refractivity contribution in [3.8, 4) is 5.75 Å². The summed E-state index contributed by atoms with van der Waals surface area (Å²) in [5, 5.41) is 6.25. The van der Waals surface area contributed by atoms with Gasteiger partial charge in [0.2, 0.25) is 0 Å². The topological polar surface area (TPSA) is 67.4 Å². The molecule has 0 aromatic heterocycles. The van der Waals surface area contributed by atoms with Crippen molar-refractivity contribution in [1.82, 2.24) is 5.32 Å². The number of rotatable bonds is 6. The molecule has 0 spiro atoms. The molecule has 7 heteroatoms. The normalized spacial score (nSPS) is 11.5. The summed E-state index contributed by atoms with van der Waals surface area (Å²) in [7, 11) is 0. The van der Waals surface area contributed by atoms with Crippen molar-refractivity contribution in [1.29, 1.82) is 0 Å². The Morgan fingerprint density at radius 1 is 1.12 bits per heavy atom. The second kappa shape index (κ2) is 8.74. The van der Waals surface area contributed by atoms with Crippen molar-refractivity contribution in [2.75, 3.05) is 11.9 Å².